The Morgan fingerprint density at radius 3 is 2.38 bits per heavy atom. The van der Waals surface area contributed by atoms with E-state index in [0.717, 1.165) is 0 Å². The van der Waals surface area contributed by atoms with Crippen molar-refractivity contribution in [3.8, 4) is 0 Å². The lowest BCUT2D eigenvalue weighted by molar-refractivity contribution is -0.157. The second-order valence-electron chi connectivity index (χ2n) is 3.80. The monoisotopic (exact) mass is 189 g/mol. The van der Waals surface area contributed by atoms with E-state index in [1.54, 1.807) is 20.8 Å². The summed E-state index contributed by atoms with van der Waals surface area (Å²) >= 11 is 0. The van der Waals surface area contributed by atoms with Crippen molar-refractivity contribution in [2.24, 2.45) is 5.73 Å². The fraction of sp³-hybridized carbons (Fsp3) is 0.889. The van der Waals surface area contributed by atoms with Crippen LogP contribution < -0.4 is 5.73 Å². The molecule has 78 valence electrons. The third kappa shape index (κ3) is 6.54. The SMILES string of the molecule is CCOCC(N)C(=O)OC(C)(C)C. The highest BCUT2D eigenvalue weighted by Crippen LogP contribution is 2.07. The molecule has 4 nitrogen and oxygen atoms in total. The van der Waals surface area contributed by atoms with Gasteiger partial charge in [0, 0.05) is 6.61 Å². The first kappa shape index (κ1) is 12.4. The molecule has 0 rings (SSSR count). The fourth-order valence-corrected chi connectivity index (χ4v) is 0.690. The van der Waals surface area contributed by atoms with Crippen LogP contribution >= 0.6 is 0 Å². The highest BCUT2D eigenvalue weighted by atomic mass is 16.6. The van der Waals surface area contributed by atoms with Crippen LogP contribution in [0.5, 0.6) is 0 Å². The Morgan fingerprint density at radius 1 is 1.46 bits per heavy atom. The molecule has 0 saturated carbocycles. The number of esters is 1. The third-order valence-corrected chi connectivity index (χ3v) is 1.21. The zero-order valence-electron chi connectivity index (χ0n) is 8.79. The second-order valence-corrected chi connectivity index (χ2v) is 3.80. The first-order valence-corrected chi connectivity index (χ1v) is 4.43. The summed E-state index contributed by atoms with van der Waals surface area (Å²) in [6.45, 7) is 8.03. The number of rotatable bonds is 4. The van der Waals surface area contributed by atoms with Crippen LogP contribution in [0.3, 0.4) is 0 Å². The van der Waals surface area contributed by atoms with Crippen molar-refractivity contribution < 1.29 is 14.3 Å². The van der Waals surface area contributed by atoms with Gasteiger partial charge in [-0.2, -0.15) is 0 Å². The van der Waals surface area contributed by atoms with Crippen LogP contribution in [0.2, 0.25) is 0 Å². The Bertz CT molecular complexity index is 163. The minimum Gasteiger partial charge on any atom is -0.459 e. The summed E-state index contributed by atoms with van der Waals surface area (Å²) in [5, 5.41) is 0. The Hall–Kier alpha value is -0.610. The minimum atomic E-state index is -0.681. The molecule has 0 aliphatic heterocycles. The predicted octanol–water partition coefficient (Wildman–Crippen LogP) is 0.692. The van der Waals surface area contributed by atoms with Crippen molar-refractivity contribution in [2.75, 3.05) is 13.2 Å². The van der Waals surface area contributed by atoms with Crippen molar-refractivity contribution in [2.45, 2.75) is 39.3 Å². The summed E-state index contributed by atoms with van der Waals surface area (Å²) in [5.41, 5.74) is 5.03. The molecule has 0 aromatic heterocycles. The van der Waals surface area contributed by atoms with E-state index in [2.05, 4.69) is 0 Å². The molecule has 13 heavy (non-hydrogen) atoms. The second kappa shape index (κ2) is 5.19. The van der Waals surface area contributed by atoms with Gasteiger partial charge in [0.2, 0.25) is 0 Å². The van der Waals surface area contributed by atoms with Crippen molar-refractivity contribution in [3.63, 3.8) is 0 Å². The molecule has 0 amide bonds. The van der Waals surface area contributed by atoms with Gasteiger partial charge in [0.05, 0.1) is 6.61 Å². The van der Waals surface area contributed by atoms with E-state index in [1.807, 2.05) is 6.92 Å². The molecule has 0 radical (unpaired) electrons. The van der Waals surface area contributed by atoms with Crippen LogP contribution in [0.4, 0.5) is 0 Å². The van der Waals surface area contributed by atoms with E-state index in [0.29, 0.717) is 6.61 Å². The van der Waals surface area contributed by atoms with Crippen LogP contribution in [-0.2, 0) is 14.3 Å². The molecule has 0 fully saturated rings. The first-order chi connectivity index (χ1) is 5.87. The van der Waals surface area contributed by atoms with Crippen molar-refractivity contribution >= 4 is 5.97 Å². The Labute approximate surface area is 79.4 Å². The van der Waals surface area contributed by atoms with Crippen LogP contribution in [0.15, 0.2) is 0 Å². The molecule has 0 aliphatic rings. The maximum atomic E-state index is 11.2. The van der Waals surface area contributed by atoms with Gasteiger partial charge in [-0.3, -0.25) is 4.79 Å². The van der Waals surface area contributed by atoms with Gasteiger partial charge < -0.3 is 15.2 Å². The first-order valence-electron chi connectivity index (χ1n) is 4.43. The van der Waals surface area contributed by atoms with E-state index in [9.17, 15) is 4.79 Å². The maximum absolute atomic E-state index is 11.2. The van der Waals surface area contributed by atoms with Crippen LogP contribution in [0, 0.1) is 0 Å². The number of nitrogens with two attached hydrogens (primary N) is 1. The summed E-state index contributed by atoms with van der Waals surface area (Å²) in [4.78, 5) is 11.2. The Balaban J connectivity index is 3.83. The number of hydrogen-bond donors (Lipinski definition) is 1. The van der Waals surface area contributed by atoms with Gasteiger partial charge in [-0.05, 0) is 27.7 Å². The zero-order chi connectivity index (χ0) is 10.5. The maximum Gasteiger partial charge on any atom is 0.325 e. The molecule has 1 atom stereocenters. The van der Waals surface area contributed by atoms with Gasteiger partial charge in [-0.1, -0.05) is 0 Å². The standard InChI is InChI=1S/C9H19NO3/c1-5-12-6-7(10)8(11)13-9(2,3)4/h7H,5-6,10H2,1-4H3. The topological polar surface area (TPSA) is 61.5 Å². The van der Waals surface area contributed by atoms with Gasteiger partial charge in [0.15, 0.2) is 0 Å². The number of hydrogen-bond acceptors (Lipinski definition) is 4. The van der Waals surface area contributed by atoms with Crippen LogP contribution in [0.25, 0.3) is 0 Å². The van der Waals surface area contributed by atoms with Gasteiger partial charge in [-0.25, -0.2) is 0 Å². The van der Waals surface area contributed by atoms with E-state index in [1.165, 1.54) is 0 Å². The summed E-state index contributed by atoms with van der Waals surface area (Å²) in [6.07, 6.45) is 0. The Morgan fingerprint density at radius 2 is 2.00 bits per heavy atom. The predicted molar refractivity (Wildman–Crippen MR) is 50.3 cm³/mol. The van der Waals surface area contributed by atoms with E-state index >= 15 is 0 Å². The third-order valence-electron chi connectivity index (χ3n) is 1.21. The highest BCUT2D eigenvalue weighted by Gasteiger charge is 2.21. The molecule has 0 heterocycles. The molecule has 2 N–H and O–H groups in total. The largest absolute Gasteiger partial charge is 0.459 e. The molecule has 0 bridgehead atoms. The van der Waals surface area contributed by atoms with Gasteiger partial charge in [-0.15, -0.1) is 0 Å². The molecule has 1 unspecified atom stereocenters. The zero-order valence-corrected chi connectivity index (χ0v) is 8.79. The molecule has 0 aromatic carbocycles. The van der Waals surface area contributed by atoms with Crippen LogP contribution in [-0.4, -0.2) is 30.8 Å². The van der Waals surface area contributed by atoms with E-state index < -0.39 is 17.6 Å². The van der Waals surface area contributed by atoms with E-state index in [4.69, 9.17) is 15.2 Å². The normalized spacial score (nSPS) is 13.9. The summed E-state index contributed by atoms with van der Waals surface area (Å²) in [6, 6.07) is -0.681. The van der Waals surface area contributed by atoms with Crippen molar-refractivity contribution in [3.05, 3.63) is 0 Å². The molecular formula is C9H19NO3. The molecule has 4 heteroatoms. The molecule has 0 aliphatic carbocycles. The van der Waals surface area contributed by atoms with Crippen molar-refractivity contribution in [1.29, 1.82) is 0 Å². The highest BCUT2D eigenvalue weighted by molar-refractivity contribution is 5.76. The fourth-order valence-electron chi connectivity index (χ4n) is 0.690. The van der Waals surface area contributed by atoms with Gasteiger partial charge >= 0.3 is 5.97 Å². The lowest BCUT2D eigenvalue weighted by Gasteiger charge is -2.21. The smallest absolute Gasteiger partial charge is 0.325 e. The molecule has 0 spiro atoms. The lowest BCUT2D eigenvalue weighted by atomic mass is 10.2. The van der Waals surface area contributed by atoms with Crippen LogP contribution in [0.1, 0.15) is 27.7 Å². The minimum absolute atomic E-state index is 0.214. The molecule has 0 aromatic rings. The summed E-state index contributed by atoms with van der Waals surface area (Å²) in [7, 11) is 0. The Kier molecular flexibility index (Phi) is 4.95. The van der Waals surface area contributed by atoms with Gasteiger partial charge in [0.25, 0.3) is 0 Å². The van der Waals surface area contributed by atoms with Crippen molar-refractivity contribution in [1.82, 2.24) is 0 Å². The quantitative estimate of drug-likeness (QED) is 0.661. The van der Waals surface area contributed by atoms with E-state index in [-0.39, 0.29) is 6.61 Å². The lowest BCUT2D eigenvalue weighted by Crippen LogP contribution is -2.40. The van der Waals surface area contributed by atoms with Gasteiger partial charge in [0.1, 0.15) is 11.6 Å². The molecule has 0 saturated heterocycles. The average Bonchev–Trinajstić information content (AvgIpc) is 1.96. The molecular weight excluding hydrogens is 170 g/mol. The summed E-state index contributed by atoms with van der Waals surface area (Å²) in [5.74, 6) is -0.416. The summed E-state index contributed by atoms with van der Waals surface area (Å²) < 4.78 is 10.1. The number of carbonyl (C=O) groups excluding carboxylic acids is 1. The average molecular weight is 189 g/mol. The number of ether oxygens (including phenoxy) is 2. The number of carbonyl (C=O) groups is 1.